The summed E-state index contributed by atoms with van der Waals surface area (Å²) < 4.78 is 0. The Hall–Kier alpha value is -1.55. The highest BCUT2D eigenvalue weighted by molar-refractivity contribution is 5.79. The first kappa shape index (κ1) is 11.9. The molecule has 1 aromatic rings. The first-order valence-electron chi connectivity index (χ1n) is 5.80. The van der Waals surface area contributed by atoms with Gasteiger partial charge in [-0.15, -0.1) is 0 Å². The number of amides is 1. The van der Waals surface area contributed by atoms with Gasteiger partial charge >= 0.3 is 0 Å². The molecule has 0 saturated heterocycles. The second kappa shape index (κ2) is 4.75. The van der Waals surface area contributed by atoms with Crippen molar-refractivity contribution in [2.45, 2.75) is 19.3 Å². The molecule has 1 amide bonds. The summed E-state index contributed by atoms with van der Waals surface area (Å²) in [6.07, 6.45) is 2.12. The summed E-state index contributed by atoms with van der Waals surface area (Å²) in [5.74, 6) is 0.0252. The number of para-hydroxylation sites is 1. The minimum atomic E-state index is -0.119. The van der Waals surface area contributed by atoms with E-state index in [1.54, 1.807) is 24.3 Å². The van der Waals surface area contributed by atoms with Gasteiger partial charge in [-0.1, -0.05) is 18.2 Å². The van der Waals surface area contributed by atoms with E-state index in [1.807, 2.05) is 0 Å². The SMILES string of the molecule is O=C(Cc1ccccc1O)NCC1(CO)CC1. The van der Waals surface area contributed by atoms with Crippen molar-refractivity contribution >= 4 is 5.91 Å². The van der Waals surface area contributed by atoms with Crippen LogP contribution in [0.4, 0.5) is 0 Å². The molecule has 2 rings (SSSR count). The molecule has 0 aromatic heterocycles. The van der Waals surface area contributed by atoms with Crippen LogP contribution in [0.5, 0.6) is 5.75 Å². The molecule has 4 nitrogen and oxygen atoms in total. The van der Waals surface area contributed by atoms with Crippen LogP contribution < -0.4 is 5.32 Å². The number of hydrogen-bond donors (Lipinski definition) is 3. The quantitative estimate of drug-likeness (QED) is 0.707. The molecule has 0 bridgehead atoms. The van der Waals surface area contributed by atoms with Crippen molar-refractivity contribution in [3.8, 4) is 5.75 Å². The van der Waals surface area contributed by atoms with Gasteiger partial charge in [0.05, 0.1) is 13.0 Å². The summed E-state index contributed by atoms with van der Waals surface area (Å²) in [5, 5.41) is 21.4. The van der Waals surface area contributed by atoms with Gasteiger partial charge in [0.1, 0.15) is 5.75 Å². The standard InChI is InChI=1S/C13H17NO3/c15-9-13(5-6-13)8-14-12(17)7-10-3-1-2-4-11(10)16/h1-4,15-16H,5-9H2,(H,14,17). The fourth-order valence-electron chi connectivity index (χ4n) is 1.75. The van der Waals surface area contributed by atoms with E-state index in [1.165, 1.54) is 0 Å². The smallest absolute Gasteiger partial charge is 0.224 e. The Bertz CT molecular complexity index is 413. The van der Waals surface area contributed by atoms with Crippen LogP contribution in [0.25, 0.3) is 0 Å². The van der Waals surface area contributed by atoms with Crippen molar-refractivity contribution in [2.75, 3.05) is 13.2 Å². The number of nitrogens with one attached hydrogen (secondary N) is 1. The van der Waals surface area contributed by atoms with E-state index in [9.17, 15) is 9.90 Å². The van der Waals surface area contributed by atoms with Crippen LogP contribution in [0, 0.1) is 5.41 Å². The number of aliphatic hydroxyl groups excluding tert-OH is 1. The van der Waals surface area contributed by atoms with Gasteiger partial charge < -0.3 is 15.5 Å². The Kier molecular flexibility index (Phi) is 3.33. The molecule has 3 N–H and O–H groups in total. The number of phenols is 1. The van der Waals surface area contributed by atoms with E-state index in [4.69, 9.17) is 5.11 Å². The molecular formula is C13H17NO3. The molecule has 0 spiro atoms. The number of phenolic OH excluding ortho intramolecular Hbond substituents is 1. The van der Waals surface area contributed by atoms with Crippen molar-refractivity contribution in [1.29, 1.82) is 0 Å². The lowest BCUT2D eigenvalue weighted by Gasteiger charge is -2.12. The van der Waals surface area contributed by atoms with E-state index in [0.717, 1.165) is 12.8 Å². The van der Waals surface area contributed by atoms with Gasteiger partial charge in [0, 0.05) is 17.5 Å². The van der Waals surface area contributed by atoms with Crippen LogP contribution in [0.1, 0.15) is 18.4 Å². The van der Waals surface area contributed by atoms with Crippen LogP contribution in [-0.2, 0) is 11.2 Å². The van der Waals surface area contributed by atoms with Gasteiger partial charge in [0.2, 0.25) is 5.91 Å². The summed E-state index contributed by atoms with van der Waals surface area (Å²) in [4.78, 5) is 11.7. The lowest BCUT2D eigenvalue weighted by molar-refractivity contribution is -0.120. The van der Waals surface area contributed by atoms with E-state index >= 15 is 0 Å². The Balaban J connectivity index is 1.83. The van der Waals surface area contributed by atoms with Gasteiger partial charge in [-0.25, -0.2) is 0 Å². The van der Waals surface area contributed by atoms with Gasteiger partial charge in [0.15, 0.2) is 0 Å². The molecule has 0 unspecified atom stereocenters. The number of hydrogen-bond acceptors (Lipinski definition) is 3. The maximum atomic E-state index is 11.7. The highest BCUT2D eigenvalue weighted by Gasteiger charge is 2.41. The maximum absolute atomic E-state index is 11.7. The zero-order valence-corrected chi connectivity index (χ0v) is 9.65. The van der Waals surface area contributed by atoms with Crippen LogP contribution in [0.3, 0.4) is 0 Å². The minimum Gasteiger partial charge on any atom is -0.508 e. The fraction of sp³-hybridized carbons (Fsp3) is 0.462. The average Bonchev–Trinajstić information content (AvgIpc) is 3.10. The average molecular weight is 235 g/mol. The summed E-state index contributed by atoms with van der Waals surface area (Å²) in [5.41, 5.74) is 0.549. The third-order valence-electron chi connectivity index (χ3n) is 3.30. The molecule has 17 heavy (non-hydrogen) atoms. The largest absolute Gasteiger partial charge is 0.508 e. The highest BCUT2D eigenvalue weighted by Crippen LogP contribution is 2.44. The van der Waals surface area contributed by atoms with E-state index < -0.39 is 0 Å². The zero-order chi connectivity index (χ0) is 12.3. The molecule has 4 heteroatoms. The fourth-order valence-corrected chi connectivity index (χ4v) is 1.75. The Morgan fingerprint density at radius 3 is 2.65 bits per heavy atom. The molecule has 1 fully saturated rings. The third kappa shape index (κ3) is 2.97. The molecule has 0 atom stereocenters. The Labute approximate surface area is 100 Å². The number of benzene rings is 1. The van der Waals surface area contributed by atoms with Gasteiger partial charge in [0.25, 0.3) is 0 Å². The molecule has 0 aliphatic heterocycles. The van der Waals surface area contributed by atoms with Crippen molar-refractivity contribution in [1.82, 2.24) is 5.32 Å². The molecular weight excluding hydrogens is 218 g/mol. The predicted molar refractivity (Wildman–Crippen MR) is 63.6 cm³/mol. The summed E-state index contributed by atoms with van der Waals surface area (Å²) in [6, 6.07) is 6.81. The van der Waals surface area contributed by atoms with Gasteiger partial charge in [-0.2, -0.15) is 0 Å². The number of rotatable bonds is 5. The highest BCUT2D eigenvalue weighted by atomic mass is 16.3. The monoisotopic (exact) mass is 235 g/mol. The number of carbonyl (C=O) groups is 1. The molecule has 0 heterocycles. The van der Waals surface area contributed by atoms with Gasteiger partial charge in [-0.3, -0.25) is 4.79 Å². The zero-order valence-electron chi connectivity index (χ0n) is 9.65. The molecule has 92 valence electrons. The minimum absolute atomic E-state index is 0.0750. The second-order valence-corrected chi connectivity index (χ2v) is 4.74. The molecule has 1 aromatic carbocycles. The topological polar surface area (TPSA) is 69.6 Å². The van der Waals surface area contributed by atoms with Crippen molar-refractivity contribution in [3.05, 3.63) is 29.8 Å². The number of carbonyl (C=O) groups excluding carboxylic acids is 1. The summed E-state index contributed by atoms with van der Waals surface area (Å²) in [7, 11) is 0. The lowest BCUT2D eigenvalue weighted by atomic mass is 10.1. The normalized spacial score (nSPS) is 16.5. The predicted octanol–water partition coefficient (Wildman–Crippen LogP) is 0.823. The van der Waals surface area contributed by atoms with Gasteiger partial charge in [-0.05, 0) is 18.9 Å². The van der Waals surface area contributed by atoms with Crippen LogP contribution in [0.15, 0.2) is 24.3 Å². The van der Waals surface area contributed by atoms with Crippen molar-refractivity contribution < 1.29 is 15.0 Å². The van der Waals surface area contributed by atoms with Crippen molar-refractivity contribution in [3.63, 3.8) is 0 Å². The Morgan fingerprint density at radius 2 is 2.06 bits per heavy atom. The van der Waals surface area contributed by atoms with Crippen molar-refractivity contribution in [2.24, 2.45) is 5.41 Å². The van der Waals surface area contributed by atoms with E-state index in [2.05, 4.69) is 5.32 Å². The van der Waals surface area contributed by atoms with Crippen LogP contribution >= 0.6 is 0 Å². The molecule has 1 saturated carbocycles. The van der Waals surface area contributed by atoms with E-state index in [-0.39, 0.29) is 30.1 Å². The molecule has 1 aliphatic carbocycles. The number of aliphatic hydroxyl groups is 1. The molecule has 0 radical (unpaired) electrons. The number of aromatic hydroxyl groups is 1. The second-order valence-electron chi connectivity index (χ2n) is 4.74. The molecule has 1 aliphatic rings. The summed E-state index contributed by atoms with van der Waals surface area (Å²) in [6.45, 7) is 0.653. The first-order valence-corrected chi connectivity index (χ1v) is 5.80. The van der Waals surface area contributed by atoms with E-state index in [0.29, 0.717) is 12.1 Å². The summed E-state index contributed by atoms with van der Waals surface area (Å²) >= 11 is 0. The van der Waals surface area contributed by atoms with Crippen LogP contribution in [-0.4, -0.2) is 29.3 Å². The first-order chi connectivity index (χ1) is 8.15. The Morgan fingerprint density at radius 1 is 1.35 bits per heavy atom. The maximum Gasteiger partial charge on any atom is 0.224 e. The third-order valence-corrected chi connectivity index (χ3v) is 3.30. The van der Waals surface area contributed by atoms with Crippen LogP contribution in [0.2, 0.25) is 0 Å². The lowest BCUT2D eigenvalue weighted by Crippen LogP contribution is -2.32.